The van der Waals surface area contributed by atoms with Crippen LogP contribution < -0.4 is 4.90 Å². The number of anilines is 1. The first kappa shape index (κ1) is 16.8. The summed E-state index contributed by atoms with van der Waals surface area (Å²) in [7, 11) is 0. The lowest BCUT2D eigenvalue weighted by Gasteiger charge is -2.23. The summed E-state index contributed by atoms with van der Waals surface area (Å²) in [5.41, 5.74) is 0.922. The van der Waals surface area contributed by atoms with Crippen molar-refractivity contribution in [1.82, 2.24) is 0 Å². The van der Waals surface area contributed by atoms with E-state index >= 15 is 0 Å². The first-order valence-electron chi connectivity index (χ1n) is 7.35. The van der Waals surface area contributed by atoms with Crippen LogP contribution in [0.4, 0.5) is 5.69 Å². The van der Waals surface area contributed by atoms with E-state index in [1.54, 1.807) is 12.1 Å². The second-order valence-corrected chi connectivity index (χ2v) is 5.50. The Bertz CT molecular complexity index is 392. The highest BCUT2D eigenvalue weighted by molar-refractivity contribution is 6.30. The van der Waals surface area contributed by atoms with Crippen molar-refractivity contribution in [2.45, 2.75) is 45.4 Å². The van der Waals surface area contributed by atoms with Gasteiger partial charge in [0.15, 0.2) is 0 Å². The topological polar surface area (TPSA) is 40.5 Å². The quantitative estimate of drug-likeness (QED) is 0.642. The molecule has 4 heteroatoms. The van der Waals surface area contributed by atoms with Gasteiger partial charge in [0, 0.05) is 17.3 Å². The van der Waals surface area contributed by atoms with E-state index in [1.807, 2.05) is 17.0 Å². The van der Waals surface area contributed by atoms with E-state index in [4.69, 9.17) is 16.7 Å². The summed E-state index contributed by atoms with van der Waals surface area (Å²) >= 11 is 5.86. The standard InChI is InChI=1S/C16H24ClNO2/c1-2-3-4-5-6-7-12-18(13-16(19)20)15-10-8-14(17)9-11-15/h8-11H,2-7,12-13H2,1H3,(H,19,20). The molecule has 0 bridgehead atoms. The molecule has 0 heterocycles. The molecule has 112 valence electrons. The molecule has 0 aliphatic heterocycles. The van der Waals surface area contributed by atoms with Crippen LogP contribution in [0.25, 0.3) is 0 Å². The lowest BCUT2D eigenvalue weighted by molar-refractivity contribution is -0.135. The zero-order valence-electron chi connectivity index (χ0n) is 12.1. The number of carboxylic acids is 1. The highest BCUT2D eigenvalue weighted by atomic mass is 35.5. The molecule has 0 fully saturated rings. The van der Waals surface area contributed by atoms with Crippen LogP contribution in [0.2, 0.25) is 5.02 Å². The van der Waals surface area contributed by atoms with E-state index in [2.05, 4.69) is 6.92 Å². The Labute approximate surface area is 126 Å². The number of hydrogen-bond acceptors (Lipinski definition) is 2. The van der Waals surface area contributed by atoms with E-state index in [1.165, 1.54) is 25.7 Å². The molecule has 3 nitrogen and oxygen atoms in total. The first-order chi connectivity index (χ1) is 9.63. The Balaban J connectivity index is 2.44. The molecule has 0 atom stereocenters. The van der Waals surface area contributed by atoms with Crippen LogP contribution >= 0.6 is 11.6 Å². The second-order valence-electron chi connectivity index (χ2n) is 5.06. The highest BCUT2D eigenvalue weighted by Crippen LogP contribution is 2.18. The number of aliphatic carboxylic acids is 1. The van der Waals surface area contributed by atoms with E-state index in [9.17, 15) is 4.79 Å². The Hall–Kier alpha value is -1.22. The molecule has 1 aromatic carbocycles. The predicted molar refractivity (Wildman–Crippen MR) is 84.7 cm³/mol. The lowest BCUT2D eigenvalue weighted by atomic mass is 10.1. The molecule has 0 radical (unpaired) electrons. The van der Waals surface area contributed by atoms with Gasteiger partial charge in [-0.3, -0.25) is 4.79 Å². The monoisotopic (exact) mass is 297 g/mol. The third-order valence-electron chi connectivity index (χ3n) is 3.30. The zero-order chi connectivity index (χ0) is 14.8. The minimum atomic E-state index is -0.800. The first-order valence-corrected chi connectivity index (χ1v) is 7.73. The van der Waals surface area contributed by atoms with Gasteiger partial charge in [0.05, 0.1) is 0 Å². The summed E-state index contributed by atoms with van der Waals surface area (Å²) in [5, 5.41) is 9.67. The van der Waals surface area contributed by atoms with Crippen LogP contribution in [-0.4, -0.2) is 24.2 Å². The second kappa shape index (κ2) is 9.65. The SMILES string of the molecule is CCCCCCCCN(CC(=O)O)c1ccc(Cl)cc1. The van der Waals surface area contributed by atoms with Gasteiger partial charge < -0.3 is 10.0 Å². The molecule has 0 aromatic heterocycles. The molecule has 20 heavy (non-hydrogen) atoms. The van der Waals surface area contributed by atoms with Crippen molar-refractivity contribution in [3.63, 3.8) is 0 Å². The molecular weight excluding hydrogens is 274 g/mol. The average molecular weight is 298 g/mol. The predicted octanol–water partition coefficient (Wildman–Crippen LogP) is 4.59. The van der Waals surface area contributed by atoms with Crippen molar-refractivity contribution in [2.24, 2.45) is 0 Å². The maximum absolute atomic E-state index is 11.0. The molecule has 1 aromatic rings. The zero-order valence-corrected chi connectivity index (χ0v) is 12.9. The number of carbonyl (C=O) groups is 1. The van der Waals surface area contributed by atoms with Crippen molar-refractivity contribution < 1.29 is 9.90 Å². The normalized spacial score (nSPS) is 10.5. The summed E-state index contributed by atoms with van der Waals surface area (Å²) in [6.45, 7) is 3.02. The molecule has 0 aliphatic rings. The summed E-state index contributed by atoms with van der Waals surface area (Å²) in [6.07, 6.45) is 7.22. The van der Waals surface area contributed by atoms with Crippen LogP contribution in [0.3, 0.4) is 0 Å². The highest BCUT2D eigenvalue weighted by Gasteiger charge is 2.10. The Morgan fingerprint density at radius 3 is 2.30 bits per heavy atom. The summed E-state index contributed by atoms with van der Waals surface area (Å²) in [6, 6.07) is 7.35. The Morgan fingerprint density at radius 2 is 1.70 bits per heavy atom. The summed E-state index contributed by atoms with van der Waals surface area (Å²) < 4.78 is 0. The van der Waals surface area contributed by atoms with Gasteiger partial charge in [-0.25, -0.2) is 0 Å². The molecule has 0 saturated heterocycles. The summed E-state index contributed by atoms with van der Waals surface area (Å²) in [5.74, 6) is -0.800. The van der Waals surface area contributed by atoms with E-state index in [-0.39, 0.29) is 6.54 Å². The molecule has 0 amide bonds. The molecule has 1 rings (SSSR count). The van der Waals surface area contributed by atoms with Gasteiger partial charge in [-0.15, -0.1) is 0 Å². The van der Waals surface area contributed by atoms with Crippen LogP contribution in [-0.2, 0) is 4.79 Å². The number of nitrogens with zero attached hydrogens (tertiary/aromatic N) is 1. The van der Waals surface area contributed by atoms with Crippen LogP contribution in [0.1, 0.15) is 45.4 Å². The van der Waals surface area contributed by atoms with E-state index in [0.717, 1.165) is 25.1 Å². The number of carboxylic acid groups (broad SMARTS) is 1. The van der Waals surface area contributed by atoms with Crippen LogP contribution in [0.15, 0.2) is 24.3 Å². The average Bonchev–Trinajstić information content (AvgIpc) is 2.42. The van der Waals surface area contributed by atoms with Crippen molar-refractivity contribution >= 4 is 23.3 Å². The van der Waals surface area contributed by atoms with Crippen molar-refractivity contribution in [1.29, 1.82) is 0 Å². The van der Waals surface area contributed by atoms with Gasteiger partial charge in [-0.2, -0.15) is 0 Å². The minimum Gasteiger partial charge on any atom is -0.480 e. The Kier molecular flexibility index (Phi) is 8.12. The van der Waals surface area contributed by atoms with Crippen molar-refractivity contribution in [3.8, 4) is 0 Å². The van der Waals surface area contributed by atoms with Crippen molar-refractivity contribution in [3.05, 3.63) is 29.3 Å². The molecule has 0 spiro atoms. The van der Waals surface area contributed by atoms with Gasteiger partial charge in [-0.1, -0.05) is 50.6 Å². The number of rotatable bonds is 10. The maximum Gasteiger partial charge on any atom is 0.323 e. The molecule has 0 saturated carbocycles. The number of hydrogen-bond donors (Lipinski definition) is 1. The van der Waals surface area contributed by atoms with Crippen LogP contribution in [0, 0.1) is 0 Å². The number of unbranched alkanes of at least 4 members (excludes halogenated alkanes) is 5. The van der Waals surface area contributed by atoms with Gasteiger partial charge >= 0.3 is 5.97 Å². The number of halogens is 1. The van der Waals surface area contributed by atoms with Crippen molar-refractivity contribution in [2.75, 3.05) is 18.0 Å². The van der Waals surface area contributed by atoms with E-state index < -0.39 is 5.97 Å². The maximum atomic E-state index is 11.0. The van der Waals surface area contributed by atoms with Gasteiger partial charge in [0.2, 0.25) is 0 Å². The largest absolute Gasteiger partial charge is 0.480 e. The molecule has 0 unspecified atom stereocenters. The molecule has 0 aliphatic carbocycles. The van der Waals surface area contributed by atoms with E-state index in [0.29, 0.717) is 5.02 Å². The molecular formula is C16H24ClNO2. The lowest BCUT2D eigenvalue weighted by Crippen LogP contribution is -2.30. The fraction of sp³-hybridized carbons (Fsp3) is 0.562. The third-order valence-corrected chi connectivity index (χ3v) is 3.55. The fourth-order valence-electron chi connectivity index (χ4n) is 2.20. The minimum absolute atomic E-state index is 0.0383. The number of benzene rings is 1. The molecule has 1 N–H and O–H groups in total. The third kappa shape index (κ3) is 6.80. The Morgan fingerprint density at radius 1 is 1.10 bits per heavy atom. The van der Waals surface area contributed by atoms with Gasteiger partial charge in [0.1, 0.15) is 6.54 Å². The van der Waals surface area contributed by atoms with Crippen LogP contribution in [0.5, 0.6) is 0 Å². The smallest absolute Gasteiger partial charge is 0.323 e. The van der Waals surface area contributed by atoms with Gasteiger partial charge in [-0.05, 0) is 30.7 Å². The van der Waals surface area contributed by atoms with Gasteiger partial charge in [0.25, 0.3) is 0 Å². The fourth-order valence-corrected chi connectivity index (χ4v) is 2.32. The summed E-state index contributed by atoms with van der Waals surface area (Å²) in [4.78, 5) is 12.9.